The Kier molecular flexibility index (Phi) is 4.76. The molecule has 0 unspecified atom stereocenters. The first-order valence-corrected chi connectivity index (χ1v) is 8.19. The summed E-state index contributed by atoms with van der Waals surface area (Å²) in [7, 11) is -1.29. The summed E-state index contributed by atoms with van der Waals surface area (Å²) in [5.41, 5.74) is 0. The van der Waals surface area contributed by atoms with E-state index in [9.17, 15) is 26.3 Å². The third kappa shape index (κ3) is 3.51. The first-order chi connectivity index (χ1) is 11.9. The molecule has 0 aliphatic rings. The number of halogens is 6. The van der Waals surface area contributed by atoms with Gasteiger partial charge in [0.25, 0.3) is 0 Å². The highest BCUT2D eigenvalue weighted by Crippen LogP contribution is 2.33. The highest BCUT2D eigenvalue weighted by Gasteiger charge is 2.31. The molecule has 0 atom stereocenters. The van der Waals surface area contributed by atoms with Crippen LogP contribution in [0, 0.1) is 34.9 Å². The van der Waals surface area contributed by atoms with E-state index in [-0.39, 0.29) is 14.7 Å². The summed E-state index contributed by atoms with van der Waals surface area (Å²) >= 11 is 0. The standard InChI is InChI=1S/C18H9F6S/c19-13-4-1-10(7-16(13)22)25(11-2-5-14(20)17(23)8-11)12-3-6-15(21)18(24)9-12/h1-9H/q+1. The topological polar surface area (TPSA) is 0 Å². The second-order valence-corrected chi connectivity index (χ2v) is 7.06. The summed E-state index contributed by atoms with van der Waals surface area (Å²) < 4.78 is 80.5. The van der Waals surface area contributed by atoms with Crippen molar-refractivity contribution < 1.29 is 26.3 Å². The van der Waals surface area contributed by atoms with Crippen molar-refractivity contribution in [3.63, 3.8) is 0 Å². The summed E-state index contributed by atoms with van der Waals surface area (Å²) in [6.07, 6.45) is 0. The number of rotatable bonds is 3. The molecule has 0 N–H and O–H groups in total. The summed E-state index contributed by atoms with van der Waals surface area (Å²) in [6, 6.07) is 9.07. The highest BCUT2D eigenvalue weighted by molar-refractivity contribution is 7.97. The van der Waals surface area contributed by atoms with Crippen LogP contribution in [0.4, 0.5) is 26.3 Å². The lowest BCUT2D eigenvalue weighted by atomic mass is 10.3. The molecular formula is C18H9F6S+. The fourth-order valence-corrected chi connectivity index (χ4v) is 4.31. The average Bonchev–Trinajstić information content (AvgIpc) is 2.57. The van der Waals surface area contributed by atoms with Crippen LogP contribution in [-0.4, -0.2) is 0 Å². The lowest BCUT2D eigenvalue weighted by molar-refractivity contribution is 0.504. The lowest BCUT2D eigenvalue weighted by Crippen LogP contribution is -2.07. The zero-order chi connectivity index (χ0) is 18.1. The Morgan fingerprint density at radius 2 is 0.680 bits per heavy atom. The molecule has 0 heterocycles. The van der Waals surface area contributed by atoms with E-state index in [1.54, 1.807) is 0 Å². The van der Waals surface area contributed by atoms with Crippen LogP contribution in [0.25, 0.3) is 0 Å². The molecule has 3 aromatic carbocycles. The average molecular weight is 371 g/mol. The Labute approximate surface area is 142 Å². The maximum absolute atomic E-state index is 13.6. The lowest BCUT2D eigenvalue weighted by Gasteiger charge is -2.09. The van der Waals surface area contributed by atoms with Crippen LogP contribution in [-0.2, 0) is 10.9 Å². The summed E-state index contributed by atoms with van der Waals surface area (Å²) in [5.74, 6) is -6.66. The van der Waals surface area contributed by atoms with E-state index in [1.807, 2.05) is 0 Å². The molecule has 0 radical (unpaired) electrons. The van der Waals surface area contributed by atoms with Crippen molar-refractivity contribution in [2.45, 2.75) is 14.7 Å². The normalized spacial score (nSPS) is 11.2. The van der Waals surface area contributed by atoms with Gasteiger partial charge in [0.15, 0.2) is 49.6 Å². The van der Waals surface area contributed by atoms with E-state index in [4.69, 9.17) is 0 Å². The van der Waals surface area contributed by atoms with Gasteiger partial charge in [-0.2, -0.15) is 0 Å². The van der Waals surface area contributed by atoms with Crippen molar-refractivity contribution in [1.29, 1.82) is 0 Å². The van der Waals surface area contributed by atoms with Gasteiger partial charge in [-0.3, -0.25) is 0 Å². The van der Waals surface area contributed by atoms with Crippen LogP contribution < -0.4 is 0 Å². The monoisotopic (exact) mass is 371 g/mol. The van der Waals surface area contributed by atoms with Gasteiger partial charge < -0.3 is 0 Å². The third-order valence-corrected chi connectivity index (χ3v) is 5.56. The van der Waals surface area contributed by atoms with Crippen LogP contribution in [0.3, 0.4) is 0 Å². The molecule has 0 fully saturated rings. The fourth-order valence-electron chi connectivity index (χ4n) is 2.22. The molecule has 0 saturated heterocycles. The number of benzene rings is 3. The SMILES string of the molecule is Fc1ccc([S+](c2ccc(F)c(F)c2)c2ccc(F)c(F)c2)cc1F. The Hall–Kier alpha value is -2.41. The molecule has 0 saturated carbocycles. The first kappa shape index (κ1) is 17.4. The van der Waals surface area contributed by atoms with E-state index in [0.29, 0.717) is 0 Å². The first-order valence-electron chi connectivity index (χ1n) is 6.96. The molecule has 0 bridgehead atoms. The summed E-state index contributed by atoms with van der Waals surface area (Å²) in [5, 5.41) is 0. The van der Waals surface area contributed by atoms with Gasteiger partial charge in [-0.15, -0.1) is 0 Å². The van der Waals surface area contributed by atoms with Crippen molar-refractivity contribution >= 4 is 10.9 Å². The number of hydrogen-bond donors (Lipinski definition) is 0. The molecular weight excluding hydrogens is 362 g/mol. The van der Waals surface area contributed by atoms with E-state index in [0.717, 1.165) is 36.4 Å². The summed E-state index contributed by atoms with van der Waals surface area (Å²) in [6.45, 7) is 0. The van der Waals surface area contributed by atoms with Crippen LogP contribution in [0.5, 0.6) is 0 Å². The minimum Gasteiger partial charge on any atom is -0.204 e. The van der Waals surface area contributed by atoms with Crippen molar-refractivity contribution in [3.05, 3.63) is 89.5 Å². The van der Waals surface area contributed by atoms with Crippen LogP contribution in [0.2, 0.25) is 0 Å². The quantitative estimate of drug-likeness (QED) is 0.414. The van der Waals surface area contributed by atoms with E-state index in [1.165, 1.54) is 18.2 Å². The van der Waals surface area contributed by atoms with Gasteiger partial charge in [0, 0.05) is 18.2 Å². The van der Waals surface area contributed by atoms with Gasteiger partial charge in [-0.05, 0) is 36.4 Å². The van der Waals surface area contributed by atoms with E-state index < -0.39 is 45.8 Å². The Morgan fingerprint density at radius 1 is 0.400 bits per heavy atom. The predicted octanol–water partition coefficient (Wildman–Crippen LogP) is 5.62. The molecule has 3 rings (SSSR count). The third-order valence-electron chi connectivity index (χ3n) is 3.38. The minimum atomic E-state index is -1.29. The molecule has 25 heavy (non-hydrogen) atoms. The Morgan fingerprint density at radius 3 is 0.920 bits per heavy atom. The second-order valence-electron chi connectivity index (χ2n) is 5.03. The highest BCUT2D eigenvalue weighted by atomic mass is 32.2. The van der Waals surface area contributed by atoms with Crippen molar-refractivity contribution in [2.24, 2.45) is 0 Å². The van der Waals surface area contributed by atoms with Gasteiger partial charge in [0.1, 0.15) is 0 Å². The van der Waals surface area contributed by atoms with Crippen LogP contribution in [0.1, 0.15) is 0 Å². The molecule has 0 spiro atoms. The Balaban J connectivity index is 2.21. The summed E-state index contributed by atoms with van der Waals surface area (Å²) in [4.78, 5) is 0.614. The fraction of sp³-hybridized carbons (Fsp3) is 0. The van der Waals surface area contributed by atoms with E-state index >= 15 is 0 Å². The molecule has 3 aromatic rings. The Bertz CT molecular complexity index is 818. The second kappa shape index (κ2) is 6.84. The molecule has 7 heteroatoms. The van der Waals surface area contributed by atoms with Gasteiger partial charge in [0.2, 0.25) is 0 Å². The number of hydrogen-bond acceptors (Lipinski definition) is 0. The van der Waals surface area contributed by atoms with Crippen LogP contribution in [0.15, 0.2) is 69.3 Å². The molecule has 0 amide bonds. The van der Waals surface area contributed by atoms with Gasteiger partial charge in [-0.1, -0.05) is 0 Å². The molecule has 0 aliphatic heterocycles. The largest absolute Gasteiger partial charge is 0.204 e. The smallest absolute Gasteiger partial charge is 0.169 e. The zero-order valence-electron chi connectivity index (χ0n) is 12.4. The molecule has 128 valence electrons. The van der Waals surface area contributed by atoms with Crippen molar-refractivity contribution in [2.75, 3.05) is 0 Å². The van der Waals surface area contributed by atoms with Gasteiger partial charge in [-0.25, -0.2) is 26.3 Å². The van der Waals surface area contributed by atoms with E-state index in [2.05, 4.69) is 0 Å². The van der Waals surface area contributed by atoms with Crippen molar-refractivity contribution in [3.8, 4) is 0 Å². The molecule has 0 nitrogen and oxygen atoms in total. The van der Waals surface area contributed by atoms with Crippen molar-refractivity contribution in [1.82, 2.24) is 0 Å². The maximum Gasteiger partial charge on any atom is 0.169 e. The van der Waals surface area contributed by atoms with Gasteiger partial charge in [0.05, 0.1) is 10.9 Å². The van der Waals surface area contributed by atoms with Gasteiger partial charge >= 0.3 is 0 Å². The maximum atomic E-state index is 13.6. The minimum absolute atomic E-state index is 0.205. The molecule has 0 aliphatic carbocycles. The predicted molar refractivity (Wildman–Crippen MR) is 81.2 cm³/mol. The van der Waals surface area contributed by atoms with Crippen LogP contribution >= 0.6 is 0 Å². The molecule has 0 aromatic heterocycles. The zero-order valence-corrected chi connectivity index (χ0v) is 13.2.